The van der Waals surface area contributed by atoms with Gasteiger partial charge < -0.3 is 10.5 Å². The van der Waals surface area contributed by atoms with Crippen molar-refractivity contribution < 1.29 is 9.53 Å². The minimum Gasteiger partial charge on any atom is -0.469 e. The molecule has 1 rings (SSSR count). The maximum atomic E-state index is 11.2. The van der Waals surface area contributed by atoms with Gasteiger partial charge in [0.15, 0.2) is 0 Å². The molecule has 17 heavy (non-hydrogen) atoms. The summed E-state index contributed by atoms with van der Waals surface area (Å²) in [7, 11) is 1.47. The van der Waals surface area contributed by atoms with Gasteiger partial charge in [-0.15, -0.1) is 0 Å². The summed E-state index contributed by atoms with van der Waals surface area (Å²) in [5.74, 6) is 2.25. The summed E-state index contributed by atoms with van der Waals surface area (Å²) in [6.45, 7) is 2.06. The largest absolute Gasteiger partial charge is 0.469 e. The zero-order chi connectivity index (χ0) is 12.7. The van der Waals surface area contributed by atoms with Crippen LogP contribution in [0.25, 0.3) is 0 Å². The lowest BCUT2D eigenvalue weighted by molar-refractivity contribution is -0.141. The zero-order valence-corrected chi connectivity index (χ0v) is 11.9. The van der Waals surface area contributed by atoms with Crippen LogP contribution in [0, 0.1) is 5.41 Å². The van der Waals surface area contributed by atoms with Crippen LogP contribution >= 0.6 is 11.8 Å². The van der Waals surface area contributed by atoms with E-state index in [0.29, 0.717) is 12.5 Å². The topological polar surface area (TPSA) is 52.3 Å². The second kappa shape index (κ2) is 7.27. The molecule has 0 heterocycles. The van der Waals surface area contributed by atoms with Gasteiger partial charge in [0.1, 0.15) is 0 Å². The van der Waals surface area contributed by atoms with E-state index in [1.807, 2.05) is 11.8 Å². The highest BCUT2D eigenvalue weighted by molar-refractivity contribution is 7.99. The fourth-order valence-corrected chi connectivity index (χ4v) is 3.26. The van der Waals surface area contributed by atoms with Crippen LogP contribution in [0.3, 0.4) is 0 Å². The summed E-state index contributed by atoms with van der Waals surface area (Å²) >= 11 is 1.98. The Morgan fingerprint density at radius 1 is 1.47 bits per heavy atom. The fraction of sp³-hybridized carbons (Fsp3) is 0.923. The van der Waals surface area contributed by atoms with Crippen molar-refractivity contribution in [2.24, 2.45) is 11.1 Å². The van der Waals surface area contributed by atoms with Gasteiger partial charge in [-0.05, 0) is 49.5 Å². The number of hydrogen-bond acceptors (Lipinski definition) is 4. The molecule has 1 aliphatic carbocycles. The molecule has 1 aliphatic rings. The van der Waals surface area contributed by atoms with Crippen LogP contribution in [0.15, 0.2) is 0 Å². The summed E-state index contributed by atoms with van der Waals surface area (Å²) in [5, 5.41) is 0. The van der Waals surface area contributed by atoms with Crippen molar-refractivity contribution in [1.82, 2.24) is 0 Å². The van der Waals surface area contributed by atoms with Gasteiger partial charge >= 0.3 is 5.97 Å². The molecule has 0 aromatic heterocycles. The molecular weight excluding hydrogens is 234 g/mol. The molecule has 0 aliphatic heterocycles. The molecule has 1 saturated carbocycles. The van der Waals surface area contributed by atoms with Crippen LogP contribution in [0.5, 0.6) is 0 Å². The highest BCUT2D eigenvalue weighted by Gasteiger charge is 2.44. The Morgan fingerprint density at radius 3 is 2.71 bits per heavy atom. The first kappa shape index (κ1) is 14.8. The van der Waals surface area contributed by atoms with E-state index in [2.05, 4.69) is 6.92 Å². The Hall–Kier alpha value is -0.220. The Kier molecular flexibility index (Phi) is 6.34. The number of methoxy groups -OCH3 is 1. The summed E-state index contributed by atoms with van der Waals surface area (Å²) in [6.07, 6.45) is 6.56. The molecule has 4 heteroatoms. The molecule has 0 aromatic rings. The number of unbranched alkanes of at least 4 members (excludes halogenated alkanes) is 1. The average molecular weight is 259 g/mol. The smallest absolute Gasteiger partial charge is 0.306 e. The van der Waals surface area contributed by atoms with Gasteiger partial charge in [-0.25, -0.2) is 0 Å². The molecule has 3 nitrogen and oxygen atoms in total. The Bertz CT molecular complexity index is 240. The van der Waals surface area contributed by atoms with E-state index in [9.17, 15) is 4.79 Å². The monoisotopic (exact) mass is 259 g/mol. The standard InChI is InChI=1S/C13H25NO2S/c1-11(14)5-3-4-8-17-10-13(6-7-13)9-12(15)16-2/h11H,3-10,14H2,1-2H3. The number of esters is 1. The molecule has 0 spiro atoms. The first-order valence-electron chi connectivity index (χ1n) is 6.48. The van der Waals surface area contributed by atoms with Crippen LogP contribution in [0.4, 0.5) is 0 Å². The lowest BCUT2D eigenvalue weighted by atomic mass is 10.1. The van der Waals surface area contributed by atoms with E-state index in [1.54, 1.807) is 0 Å². The normalized spacial score (nSPS) is 18.8. The third-order valence-electron chi connectivity index (χ3n) is 3.31. The van der Waals surface area contributed by atoms with Crippen LogP contribution in [0.1, 0.15) is 45.4 Å². The zero-order valence-electron chi connectivity index (χ0n) is 11.0. The van der Waals surface area contributed by atoms with Crippen molar-refractivity contribution in [3.8, 4) is 0 Å². The summed E-state index contributed by atoms with van der Waals surface area (Å²) in [5.41, 5.74) is 5.98. The van der Waals surface area contributed by atoms with E-state index in [4.69, 9.17) is 10.5 Å². The molecule has 2 N–H and O–H groups in total. The maximum Gasteiger partial charge on any atom is 0.306 e. The molecule has 1 atom stereocenters. The molecule has 0 bridgehead atoms. The van der Waals surface area contributed by atoms with Gasteiger partial charge in [0.25, 0.3) is 0 Å². The highest BCUT2D eigenvalue weighted by Crippen LogP contribution is 2.51. The molecule has 1 unspecified atom stereocenters. The Labute approximate surface area is 109 Å². The lowest BCUT2D eigenvalue weighted by Gasteiger charge is -2.13. The van der Waals surface area contributed by atoms with Gasteiger partial charge in [-0.3, -0.25) is 4.79 Å². The molecule has 1 fully saturated rings. The number of thioether (sulfide) groups is 1. The van der Waals surface area contributed by atoms with Crippen LogP contribution in [-0.4, -0.2) is 30.6 Å². The predicted molar refractivity (Wildman–Crippen MR) is 73.1 cm³/mol. The van der Waals surface area contributed by atoms with Crippen LogP contribution < -0.4 is 5.73 Å². The molecule has 0 aromatic carbocycles. The Balaban J connectivity index is 2.01. The van der Waals surface area contributed by atoms with Crippen molar-refractivity contribution in [2.75, 3.05) is 18.6 Å². The van der Waals surface area contributed by atoms with E-state index in [1.165, 1.54) is 38.5 Å². The third kappa shape index (κ3) is 6.32. The van der Waals surface area contributed by atoms with Crippen LogP contribution in [-0.2, 0) is 9.53 Å². The molecular formula is C13H25NO2S. The summed E-state index contributed by atoms with van der Waals surface area (Å²) < 4.78 is 4.74. The Morgan fingerprint density at radius 2 is 2.18 bits per heavy atom. The third-order valence-corrected chi connectivity index (χ3v) is 4.70. The molecule has 0 radical (unpaired) electrons. The minimum atomic E-state index is -0.0555. The molecule has 0 amide bonds. The predicted octanol–water partition coefficient (Wildman–Crippen LogP) is 2.58. The van der Waals surface area contributed by atoms with E-state index >= 15 is 0 Å². The number of carbonyl (C=O) groups excluding carboxylic acids is 1. The van der Waals surface area contributed by atoms with Gasteiger partial charge in [0, 0.05) is 6.04 Å². The number of rotatable bonds is 9. The van der Waals surface area contributed by atoms with E-state index in [-0.39, 0.29) is 11.4 Å². The van der Waals surface area contributed by atoms with E-state index < -0.39 is 0 Å². The molecule has 0 saturated heterocycles. The second-order valence-electron chi connectivity index (χ2n) is 5.28. The number of nitrogens with two attached hydrogens (primary N) is 1. The summed E-state index contributed by atoms with van der Waals surface area (Å²) in [6, 6.07) is 0.328. The van der Waals surface area contributed by atoms with Gasteiger partial charge in [-0.1, -0.05) is 6.42 Å². The first-order chi connectivity index (χ1) is 8.08. The lowest BCUT2D eigenvalue weighted by Crippen LogP contribution is -2.14. The van der Waals surface area contributed by atoms with Crippen molar-refractivity contribution >= 4 is 17.7 Å². The van der Waals surface area contributed by atoms with E-state index in [0.717, 1.165) is 12.2 Å². The second-order valence-corrected chi connectivity index (χ2v) is 6.38. The molecule has 100 valence electrons. The fourth-order valence-electron chi connectivity index (χ4n) is 1.89. The van der Waals surface area contributed by atoms with Gasteiger partial charge in [0.05, 0.1) is 13.5 Å². The SMILES string of the molecule is COC(=O)CC1(CSCCCCC(C)N)CC1. The van der Waals surface area contributed by atoms with Crippen molar-refractivity contribution in [2.45, 2.75) is 51.5 Å². The van der Waals surface area contributed by atoms with Crippen LogP contribution in [0.2, 0.25) is 0 Å². The maximum absolute atomic E-state index is 11.2. The van der Waals surface area contributed by atoms with Gasteiger partial charge in [-0.2, -0.15) is 11.8 Å². The first-order valence-corrected chi connectivity index (χ1v) is 7.64. The van der Waals surface area contributed by atoms with Crippen molar-refractivity contribution in [3.63, 3.8) is 0 Å². The minimum absolute atomic E-state index is 0.0555. The van der Waals surface area contributed by atoms with Crippen molar-refractivity contribution in [1.29, 1.82) is 0 Å². The highest BCUT2D eigenvalue weighted by atomic mass is 32.2. The quantitative estimate of drug-likeness (QED) is 0.511. The number of hydrogen-bond donors (Lipinski definition) is 1. The number of carbonyl (C=O) groups is 1. The van der Waals surface area contributed by atoms with Gasteiger partial charge in [0.2, 0.25) is 0 Å². The van der Waals surface area contributed by atoms with Crippen molar-refractivity contribution in [3.05, 3.63) is 0 Å². The average Bonchev–Trinajstić information content (AvgIpc) is 3.03. The summed E-state index contributed by atoms with van der Waals surface area (Å²) in [4.78, 5) is 11.2. The number of ether oxygens (including phenoxy) is 1.